The smallest absolute Gasteiger partial charge is 0.323 e. The highest BCUT2D eigenvalue weighted by Gasteiger charge is 2.36. The van der Waals surface area contributed by atoms with Gasteiger partial charge in [-0.25, -0.2) is 4.79 Å². The number of nitrogens with zero attached hydrogens (tertiary/aromatic N) is 1. The number of aryl methyl sites for hydroxylation is 1. The topological polar surface area (TPSA) is 120 Å². The summed E-state index contributed by atoms with van der Waals surface area (Å²) in [5.41, 5.74) is 1.84. The maximum Gasteiger partial charge on any atom is 0.323 e. The Morgan fingerprint density at radius 2 is 1.76 bits per heavy atom. The van der Waals surface area contributed by atoms with Crippen molar-refractivity contribution in [3.8, 4) is 5.75 Å². The average Bonchev–Trinajstić information content (AvgIpc) is 2.77. The van der Waals surface area contributed by atoms with Gasteiger partial charge in [-0.3, -0.25) is 14.5 Å². The van der Waals surface area contributed by atoms with Gasteiger partial charge in [0.05, 0.1) is 19.2 Å². The number of carboxylic acids is 1. The van der Waals surface area contributed by atoms with Gasteiger partial charge in [0, 0.05) is 19.2 Å². The van der Waals surface area contributed by atoms with Gasteiger partial charge in [0.25, 0.3) is 0 Å². The van der Waals surface area contributed by atoms with Gasteiger partial charge in [-0.1, -0.05) is 31.2 Å². The molecule has 0 saturated heterocycles. The molecule has 0 radical (unpaired) electrons. The highest BCUT2D eigenvalue weighted by molar-refractivity contribution is 6.01. The van der Waals surface area contributed by atoms with Crippen molar-refractivity contribution in [2.24, 2.45) is 0 Å². The SMILES string of the molecule is CCC(NC(C)=O)(c1ccc(NC(=O)Nc2ccccc2C)c(OC)c1)N(C)CCC(=O)O. The second-order valence-corrected chi connectivity index (χ2v) is 7.77. The van der Waals surface area contributed by atoms with Crippen LogP contribution in [-0.4, -0.2) is 48.6 Å². The summed E-state index contributed by atoms with van der Waals surface area (Å²) in [5.74, 6) is -0.772. The molecule has 4 N–H and O–H groups in total. The van der Waals surface area contributed by atoms with Crippen molar-refractivity contribution >= 4 is 29.3 Å². The van der Waals surface area contributed by atoms with Crippen molar-refractivity contribution in [2.75, 3.05) is 31.3 Å². The number of carboxylic acid groups (broad SMARTS) is 1. The Morgan fingerprint density at radius 3 is 2.33 bits per heavy atom. The number of anilines is 2. The summed E-state index contributed by atoms with van der Waals surface area (Å²) in [6, 6.07) is 12.2. The Morgan fingerprint density at radius 1 is 1.09 bits per heavy atom. The molecule has 2 aromatic carbocycles. The molecule has 1 atom stereocenters. The van der Waals surface area contributed by atoms with E-state index in [1.807, 2.05) is 38.1 Å². The first kappa shape index (κ1) is 25.7. The molecule has 9 heteroatoms. The third kappa shape index (κ3) is 6.45. The molecule has 3 amide bonds. The van der Waals surface area contributed by atoms with Crippen molar-refractivity contribution in [1.29, 1.82) is 0 Å². The van der Waals surface area contributed by atoms with Crippen LogP contribution in [0.3, 0.4) is 0 Å². The minimum atomic E-state index is -0.948. The van der Waals surface area contributed by atoms with E-state index in [9.17, 15) is 14.4 Å². The molecule has 0 bridgehead atoms. The lowest BCUT2D eigenvalue weighted by atomic mass is 9.93. The summed E-state index contributed by atoms with van der Waals surface area (Å²) in [4.78, 5) is 37.5. The quantitative estimate of drug-likeness (QED) is 0.404. The van der Waals surface area contributed by atoms with Gasteiger partial charge in [-0.05, 0) is 49.7 Å². The van der Waals surface area contributed by atoms with Crippen molar-refractivity contribution in [1.82, 2.24) is 10.2 Å². The number of urea groups is 1. The van der Waals surface area contributed by atoms with Crippen LogP contribution in [0, 0.1) is 6.92 Å². The summed E-state index contributed by atoms with van der Waals surface area (Å²) in [7, 11) is 3.25. The lowest BCUT2D eigenvalue weighted by Crippen LogP contribution is -2.56. The van der Waals surface area contributed by atoms with Gasteiger partial charge in [0.15, 0.2) is 0 Å². The first-order valence-corrected chi connectivity index (χ1v) is 10.7. The maximum atomic E-state index is 12.5. The molecule has 9 nitrogen and oxygen atoms in total. The van der Waals surface area contributed by atoms with Crippen LogP contribution in [0.4, 0.5) is 16.2 Å². The summed E-state index contributed by atoms with van der Waals surface area (Å²) >= 11 is 0. The van der Waals surface area contributed by atoms with Crippen molar-refractivity contribution in [3.63, 3.8) is 0 Å². The number of rotatable bonds is 10. The predicted molar refractivity (Wildman–Crippen MR) is 127 cm³/mol. The van der Waals surface area contributed by atoms with E-state index in [-0.39, 0.29) is 18.9 Å². The Balaban J connectivity index is 2.35. The normalized spacial score (nSPS) is 12.5. The minimum Gasteiger partial charge on any atom is -0.495 e. The Bertz CT molecular complexity index is 1010. The monoisotopic (exact) mass is 456 g/mol. The fraction of sp³-hybridized carbons (Fsp3) is 0.375. The Kier molecular flexibility index (Phi) is 8.81. The van der Waals surface area contributed by atoms with Gasteiger partial charge in [0.2, 0.25) is 5.91 Å². The molecule has 1 unspecified atom stereocenters. The number of hydrogen-bond acceptors (Lipinski definition) is 5. The van der Waals surface area contributed by atoms with Crippen LogP contribution >= 0.6 is 0 Å². The lowest BCUT2D eigenvalue weighted by molar-refractivity contribution is -0.137. The van der Waals surface area contributed by atoms with Crippen LogP contribution in [0.5, 0.6) is 5.75 Å². The number of benzene rings is 2. The molecular weight excluding hydrogens is 424 g/mol. The van der Waals surface area contributed by atoms with Crippen LogP contribution in [0.1, 0.15) is 37.8 Å². The molecule has 0 aliphatic heterocycles. The summed E-state index contributed by atoms with van der Waals surface area (Å²) < 4.78 is 5.52. The molecule has 2 rings (SSSR count). The number of carbonyl (C=O) groups excluding carboxylic acids is 2. The van der Waals surface area contributed by atoms with Gasteiger partial charge in [-0.2, -0.15) is 0 Å². The second kappa shape index (κ2) is 11.3. The zero-order valence-electron chi connectivity index (χ0n) is 19.7. The highest BCUT2D eigenvalue weighted by atomic mass is 16.5. The van der Waals surface area contributed by atoms with E-state index < -0.39 is 17.7 Å². The zero-order valence-corrected chi connectivity index (χ0v) is 19.7. The van der Waals surface area contributed by atoms with Crippen LogP contribution in [0.2, 0.25) is 0 Å². The maximum absolute atomic E-state index is 12.5. The molecule has 33 heavy (non-hydrogen) atoms. The van der Waals surface area contributed by atoms with Gasteiger partial charge in [0.1, 0.15) is 11.4 Å². The molecule has 0 spiro atoms. The standard InChI is InChI=1S/C24H32N4O5/c1-6-24(27-17(3)29,28(4)14-13-22(30)31)18-11-12-20(21(15-18)33-5)26-23(32)25-19-10-8-7-9-16(19)2/h7-12,15H,6,13-14H2,1-5H3,(H,27,29)(H,30,31)(H2,25,26,32). The van der Waals surface area contributed by atoms with Crippen LogP contribution in [0.25, 0.3) is 0 Å². The third-order valence-electron chi connectivity index (χ3n) is 5.53. The van der Waals surface area contributed by atoms with E-state index in [2.05, 4.69) is 16.0 Å². The summed E-state index contributed by atoms with van der Waals surface area (Å²) in [6.45, 7) is 5.45. The second-order valence-electron chi connectivity index (χ2n) is 7.77. The highest BCUT2D eigenvalue weighted by Crippen LogP contribution is 2.35. The van der Waals surface area contributed by atoms with Crippen molar-refractivity contribution in [3.05, 3.63) is 53.6 Å². The molecule has 0 aromatic heterocycles. The van der Waals surface area contributed by atoms with Crippen LogP contribution < -0.4 is 20.7 Å². The Labute approximate surface area is 194 Å². The third-order valence-corrected chi connectivity index (χ3v) is 5.53. The molecule has 0 aliphatic rings. The summed E-state index contributed by atoms with van der Waals surface area (Å²) in [6.07, 6.45) is 0.403. The lowest BCUT2D eigenvalue weighted by Gasteiger charge is -2.42. The summed E-state index contributed by atoms with van der Waals surface area (Å²) in [5, 5.41) is 17.7. The molecule has 2 aromatic rings. The number of methoxy groups -OCH3 is 1. The predicted octanol–water partition coefficient (Wildman–Crippen LogP) is 3.75. The van der Waals surface area contributed by atoms with Gasteiger partial charge < -0.3 is 25.8 Å². The molecule has 0 aliphatic carbocycles. The molecule has 0 saturated carbocycles. The van der Waals surface area contributed by atoms with Gasteiger partial charge >= 0.3 is 12.0 Å². The first-order chi connectivity index (χ1) is 15.6. The first-order valence-electron chi connectivity index (χ1n) is 10.7. The van der Waals surface area contributed by atoms with Gasteiger partial charge in [-0.15, -0.1) is 0 Å². The molecule has 0 fully saturated rings. The number of nitrogens with one attached hydrogen (secondary N) is 3. The molecular formula is C24H32N4O5. The molecule has 178 valence electrons. The van der Waals surface area contributed by atoms with Crippen molar-refractivity contribution < 1.29 is 24.2 Å². The number of aliphatic carboxylic acids is 1. The van der Waals surface area contributed by atoms with E-state index in [1.54, 1.807) is 30.1 Å². The number of hydrogen-bond donors (Lipinski definition) is 4. The van der Waals surface area contributed by atoms with E-state index in [0.717, 1.165) is 5.56 Å². The van der Waals surface area contributed by atoms with E-state index in [1.165, 1.54) is 14.0 Å². The van der Waals surface area contributed by atoms with Crippen molar-refractivity contribution in [2.45, 2.75) is 39.3 Å². The molecule has 0 heterocycles. The van der Waals surface area contributed by atoms with Crippen LogP contribution in [-0.2, 0) is 15.3 Å². The minimum absolute atomic E-state index is 0.0757. The average molecular weight is 457 g/mol. The fourth-order valence-electron chi connectivity index (χ4n) is 3.74. The zero-order chi connectivity index (χ0) is 24.6. The van der Waals surface area contributed by atoms with E-state index in [4.69, 9.17) is 9.84 Å². The van der Waals surface area contributed by atoms with E-state index >= 15 is 0 Å². The van der Waals surface area contributed by atoms with Crippen LogP contribution in [0.15, 0.2) is 42.5 Å². The largest absolute Gasteiger partial charge is 0.495 e. The Hall–Kier alpha value is -3.59. The number of amides is 3. The number of para-hydroxylation sites is 1. The number of ether oxygens (including phenoxy) is 1. The van der Waals surface area contributed by atoms with E-state index in [0.29, 0.717) is 29.1 Å². The fourth-order valence-corrected chi connectivity index (χ4v) is 3.74. The number of carbonyl (C=O) groups is 3.